The van der Waals surface area contributed by atoms with Crippen LogP contribution in [0.3, 0.4) is 0 Å². The number of carboxylic acid groups (broad SMARTS) is 1. The van der Waals surface area contributed by atoms with E-state index in [1.807, 2.05) is 0 Å². The summed E-state index contributed by atoms with van der Waals surface area (Å²) >= 11 is 0. The molecule has 1 aliphatic heterocycles. The number of hydrogen-bond donors (Lipinski definition) is 6. The van der Waals surface area contributed by atoms with Crippen LogP contribution in [0.1, 0.15) is 27.2 Å². The number of nitrogens with zero attached hydrogens (tertiary/aromatic N) is 1. The molecule has 0 bridgehead atoms. The number of piperidine rings is 1. The molecule has 0 radical (unpaired) electrons. The van der Waals surface area contributed by atoms with E-state index in [9.17, 15) is 35.1 Å². The average Bonchev–Trinajstić information content (AvgIpc) is 2.32. The maximum absolute atomic E-state index is 11.9. The van der Waals surface area contributed by atoms with Gasteiger partial charge in [0.05, 0.1) is 6.42 Å². The van der Waals surface area contributed by atoms with E-state index in [0.717, 1.165) is 0 Å². The summed E-state index contributed by atoms with van der Waals surface area (Å²) in [5, 5.41) is 58.3. The molecule has 0 aromatic rings. The molecular weight excluding hydrogens is 302 g/mol. The highest BCUT2D eigenvalue weighted by atomic mass is 16.6. The predicted octanol–water partition coefficient (Wildman–Crippen LogP) is -2.20. The van der Waals surface area contributed by atoms with Crippen molar-refractivity contribution in [1.82, 2.24) is 4.90 Å². The molecule has 0 aromatic carbocycles. The molecule has 1 rings (SSSR count). The molecule has 4 atom stereocenters. The van der Waals surface area contributed by atoms with Crippen molar-refractivity contribution < 1.29 is 45.0 Å². The number of carbonyl (C=O) groups excluding carboxylic acids is 1. The topological polar surface area (TPSA) is 168 Å². The van der Waals surface area contributed by atoms with Crippen LogP contribution < -0.4 is 0 Å². The summed E-state index contributed by atoms with van der Waals surface area (Å²) in [5.74, 6) is -1.58. The molecule has 22 heavy (non-hydrogen) atoms. The second-order valence-corrected chi connectivity index (χ2v) is 6.17. The van der Waals surface area contributed by atoms with Gasteiger partial charge < -0.3 is 35.4 Å². The first-order chi connectivity index (χ1) is 9.81. The summed E-state index contributed by atoms with van der Waals surface area (Å²) in [6, 6.07) is 0. The summed E-state index contributed by atoms with van der Waals surface area (Å²) in [6.45, 7) is 4.55. The molecule has 1 saturated heterocycles. The fourth-order valence-electron chi connectivity index (χ4n) is 2.13. The zero-order valence-electron chi connectivity index (χ0n) is 12.4. The van der Waals surface area contributed by atoms with Crippen molar-refractivity contribution in [2.75, 3.05) is 0 Å². The number of aliphatic hydroxyl groups is 5. The quantitative estimate of drug-likeness (QED) is 0.330. The lowest BCUT2D eigenvalue weighted by Gasteiger charge is -2.50. The van der Waals surface area contributed by atoms with Gasteiger partial charge in [-0.05, 0) is 20.8 Å². The second kappa shape index (κ2) is 5.97. The highest BCUT2D eigenvalue weighted by molar-refractivity contribution is 5.70. The predicted molar refractivity (Wildman–Crippen MR) is 69.3 cm³/mol. The largest absolute Gasteiger partial charge is 0.481 e. The molecule has 0 spiro atoms. The Labute approximate surface area is 126 Å². The van der Waals surface area contributed by atoms with Crippen molar-refractivity contribution in [3.8, 4) is 0 Å². The standard InChI is InChI=1S/C12H21NO9/c1-11(2,3)22-10(20)13-8(18)6(16)12(21,4-5(14)15)7(17)9(13)19/h6-9,16-19,21H,4H2,1-3H3,(H,14,15). The number of aliphatic hydroxyl groups excluding tert-OH is 4. The molecule has 1 heterocycles. The minimum Gasteiger partial charge on any atom is -0.481 e. The van der Waals surface area contributed by atoms with Gasteiger partial charge >= 0.3 is 12.1 Å². The van der Waals surface area contributed by atoms with Crippen molar-refractivity contribution in [2.45, 2.75) is 63.1 Å². The number of carbonyl (C=O) groups is 2. The Kier molecular flexibility index (Phi) is 5.04. The molecule has 0 aliphatic carbocycles. The third kappa shape index (κ3) is 3.47. The molecule has 1 aliphatic rings. The number of ether oxygens (including phenoxy) is 1. The first kappa shape index (κ1) is 18.6. The summed E-state index contributed by atoms with van der Waals surface area (Å²) < 4.78 is 4.91. The number of rotatable bonds is 2. The van der Waals surface area contributed by atoms with Gasteiger partial charge in [-0.2, -0.15) is 0 Å². The zero-order valence-corrected chi connectivity index (χ0v) is 12.4. The van der Waals surface area contributed by atoms with Crippen molar-refractivity contribution in [3.63, 3.8) is 0 Å². The lowest BCUT2D eigenvalue weighted by molar-refractivity contribution is -0.291. The molecule has 4 unspecified atom stereocenters. The second-order valence-electron chi connectivity index (χ2n) is 6.17. The first-order valence-corrected chi connectivity index (χ1v) is 6.49. The van der Waals surface area contributed by atoms with Gasteiger partial charge in [0.2, 0.25) is 0 Å². The Morgan fingerprint density at radius 3 is 1.82 bits per heavy atom. The zero-order chi connectivity index (χ0) is 17.5. The molecule has 128 valence electrons. The van der Waals surface area contributed by atoms with Crippen molar-refractivity contribution >= 4 is 12.1 Å². The monoisotopic (exact) mass is 323 g/mol. The van der Waals surface area contributed by atoms with Crippen LogP contribution >= 0.6 is 0 Å². The van der Waals surface area contributed by atoms with Gasteiger partial charge in [0.1, 0.15) is 23.4 Å². The molecule has 0 aromatic heterocycles. The number of amides is 1. The van der Waals surface area contributed by atoms with Crippen LogP contribution in [0.5, 0.6) is 0 Å². The fourth-order valence-corrected chi connectivity index (χ4v) is 2.13. The molecule has 1 amide bonds. The van der Waals surface area contributed by atoms with Gasteiger partial charge in [-0.3, -0.25) is 9.69 Å². The Hall–Kier alpha value is -1.46. The van der Waals surface area contributed by atoms with Gasteiger partial charge in [0.15, 0.2) is 12.5 Å². The Bertz CT molecular complexity index is 430. The van der Waals surface area contributed by atoms with Crippen LogP contribution in [0.4, 0.5) is 4.79 Å². The lowest BCUT2D eigenvalue weighted by Crippen LogP contribution is -2.74. The van der Waals surface area contributed by atoms with Crippen molar-refractivity contribution in [2.24, 2.45) is 0 Å². The van der Waals surface area contributed by atoms with E-state index in [1.54, 1.807) is 0 Å². The Morgan fingerprint density at radius 1 is 1.09 bits per heavy atom. The smallest absolute Gasteiger partial charge is 0.414 e. The van der Waals surface area contributed by atoms with E-state index in [-0.39, 0.29) is 4.90 Å². The molecule has 10 heteroatoms. The van der Waals surface area contributed by atoms with Crippen molar-refractivity contribution in [3.05, 3.63) is 0 Å². The van der Waals surface area contributed by atoms with Gasteiger partial charge in [0.25, 0.3) is 0 Å². The Balaban J connectivity index is 3.08. The SMILES string of the molecule is CC(C)(C)OC(=O)N1C(O)C(O)C(O)(CC(=O)O)C(O)C1O. The maximum atomic E-state index is 11.9. The summed E-state index contributed by atoms with van der Waals surface area (Å²) in [4.78, 5) is 22.9. The number of carboxylic acids is 1. The van der Waals surface area contributed by atoms with E-state index in [1.165, 1.54) is 20.8 Å². The van der Waals surface area contributed by atoms with Crippen molar-refractivity contribution in [1.29, 1.82) is 0 Å². The molecular formula is C12H21NO9. The third-order valence-electron chi connectivity index (χ3n) is 3.20. The number of likely N-dealkylation sites (tertiary alicyclic amines) is 1. The van der Waals surface area contributed by atoms with Gasteiger partial charge in [-0.15, -0.1) is 0 Å². The fraction of sp³-hybridized carbons (Fsp3) is 0.833. The van der Waals surface area contributed by atoms with Gasteiger partial charge in [-0.1, -0.05) is 0 Å². The van der Waals surface area contributed by atoms with E-state index in [4.69, 9.17) is 9.84 Å². The highest BCUT2D eigenvalue weighted by Crippen LogP contribution is 2.33. The van der Waals surface area contributed by atoms with E-state index < -0.39 is 54.3 Å². The van der Waals surface area contributed by atoms with Gasteiger partial charge in [-0.25, -0.2) is 4.79 Å². The summed E-state index contributed by atoms with van der Waals surface area (Å²) in [7, 11) is 0. The van der Waals surface area contributed by atoms with Crippen LogP contribution in [-0.2, 0) is 9.53 Å². The number of hydrogen-bond acceptors (Lipinski definition) is 8. The maximum Gasteiger partial charge on any atom is 0.414 e. The Morgan fingerprint density at radius 2 is 1.50 bits per heavy atom. The minimum atomic E-state index is -2.73. The molecule has 1 fully saturated rings. The van der Waals surface area contributed by atoms with E-state index in [2.05, 4.69) is 0 Å². The molecule has 6 N–H and O–H groups in total. The molecule has 10 nitrogen and oxygen atoms in total. The van der Waals surface area contributed by atoms with Gasteiger partial charge in [0, 0.05) is 0 Å². The number of aliphatic carboxylic acids is 1. The normalized spacial score (nSPS) is 36.1. The lowest BCUT2D eigenvalue weighted by atomic mass is 9.81. The van der Waals surface area contributed by atoms with Crippen LogP contribution in [-0.4, -0.2) is 83.5 Å². The summed E-state index contributed by atoms with van der Waals surface area (Å²) in [6.07, 6.45) is -11.2. The average molecular weight is 323 g/mol. The molecule has 0 saturated carbocycles. The van der Waals surface area contributed by atoms with E-state index >= 15 is 0 Å². The minimum absolute atomic E-state index is 0.233. The highest BCUT2D eigenvalue weighted by Gasteiger charge is 2.59. The van der Waals surface area contributed by atoms with E-state index in [0.29, 0.717) is 0 Å². The first-order valence-electron chi connectivity index (χ1n) is 6.49. The third-order valence-corrected chi connectivity index (χ3v) is 3.20. The van der Waals surface area contributed by atoms with Crippen LogP contribution in [0, 0.1) is 0 Å². The van der Waals surface area contributed by atoms with Crippen LogP contribution in [0.25, 0.3) is 0 Å². The summed E-state index contributed by atoms with van der Waals surface area (Å²) in [5.41, 5.74) is -3.72. The van der Waals surface area contributed by atoms with Crippen LogP contribution in [0.15, 0.2) is 0 Å². The van der Waals surface area contributed by atoms with Crippen LogP contribution in [0.2, 0.25) is 0 Å².